The highest BCUT2D eigenvalue weighted by molar-refractivity contribution is 5.92. The molecule has 0 aromatic heterocycles. The number of carbonyl (C=O) groups is 2. The zero-order valence-electron chi connectivity index (χ0n) is 7.85. The average molecular weight is 186 g/mol. The first kappa shape index (κ1) is 11.5. The van der Waals surface area contributed by atoms with Crippen molar-refractivity contribution in [1.29, 1.82) is 0 Å². The molecular formula is C8H14N2O3. The van der Waals surface area contributed by atoms with Crippen molar-refractivity contribution in [3.05, 3.63) is 12.2 Å². The summed E-state index contributed by atoms with van der Waals surface area (Å²) in [7, 11) is 0. The summed E-state index contributed by atoms with van der Waals surface area (Å²) in [5.74, 6) is -0.295. The maximum absolute atomic E-state index is 10.9. The molecule has 0 unspecified atom stereocenters. The Balaban J connectivity index is 3.50. The molecule has 0 aromatic rings. The maximum atomic E-state index is 10.9. The molecule has 5 nitrogen and oxygen atoms in total. The monoisotopic (exact) mass is 186 g/mol. The molecule has 0 spiro atoms. The summed E-state index contributed by atoms with van der Waals surface area (Å²) in [5, 5.41) is 4.76. The smallest absolute Gasteiger partial charge is 0.408 e. The molecule has 0 bridgehead atoms. The third kappa shape index (κ3) is 5.72. The van der Waals surface area contributed by atoms with Crippen molar-refractivity contribution < 1.29 is 14.3 Å². The quantitative estimate of drug-likeness (QED) is 0.492. The Hall–Kier alpha value is -1.52. The Labute approximate surface area is 77.1 Å². The van der Waals surface area contributed by atoms with Crippen LogP contribution in [0.5, 0.6) is 0 Å². The van der Waals surface area contributed by atoms with E-state index in [4.69, 9.17) is 0 Å². The average Bonchev–Trinajstić information content (AvgIpc) is 2.04. The summed E-state index contributed by atoms with van der Waals surface area (Å²) in [6.07, 6.45) is -0.551. The van der Waals surface area contributed by atoms with Gasteiger partial charge in [0.1, 0.15) is 0 Å². The predicted octanol–water partition coefficient (Wildman–Crippen LogP) is 0.382. The zero-order chi connectivity index (χ0) is 10.3. The van der Waals surface area contributed by atoms with Crippen molar-refractivity contribution in [2.75, 3.05) is 13.3 Å². The number of hydrogen-bond acceptors (Lipinski definition) is 3. The fourth-order valence-corrected chi connectivity index (χ4v) is 0.530. The number of alkyl carbamates (subject to hydrolysis) is 1. The number of amides is 2. The van der Waals surface area contributed by atoms with Gasteiger partial charge in [0.05, 0.1) is 13.3 Å². The first-order valence-electron chi connectivity index (χ1n) is 3.92. The fourth-order valence-electron chi connectivity index (χ4n) is 0.530. The molecule has 5 heteroatoms. The molecule has 2 amide bonds. The second kappa shape index (κ2) is 6.05. The van der Waals surface area contributed by atoms with Crippen molar-refractivity contribution in [1.82, 2.24) is 10.6 Å². The molecule has 0 fully saturated rings. The zero-order valence-corrected chi connectivity index (χ0v) is 7.85. The second-order valence-corrected chi connectivity index (χ2v) is 2.36. The highest BCUT2D eigenvalue weighted by Crippen LogP contribution is 1.83. The van der Waals surface area contributed by atoms with E-state index >= 15 is 0 Å². The number of carbonyl (C=O) groups excluding carboxylic acids is 2. The normalized spacial score (nSPS) is 8.77. The van der Waals surface area contributed by atoms with Crippen LogP contribution in [-0.2, 0) is 9.53 Å². The third-order valence-electron chi connectivity index (χ3n) is 1.14. The molecule has 0 aliphatic rings. The van der Waals surface area contributed by atoms with E-state index in [2.05, 4.69) is 21.9 Å². The number of rotatable bonds is 4. The van der Waals surface area contributed by atoms with E-state index in [0.29, 0.717) is 12.2 Å². The van der Waals surface area contributed by atoms with Crippen LogP contribution in [0.4, 0.5) is 4.79 Å². The molecule has 0 saturated heterocycles. The first-order chi connectivity index (χ1) is 6.07. The SMILES string of the molecule is C=C(C)C(=O)NCNC(=O)OCC. The van der Waals surface area contributed by atoms with Crippen LogP contribution < -0.4 is 10.6 Å². The van der Waals surface area contributed by atoms with Crippen LogP contribution in [0.15, 0.2) is 12.2 Å². The number of hydrogen-bond donors (Lipinski definition) is 2. The van der Waals surface area contributed by atoms with Crippen LogP contribution in [0.3, 0.4) is 0 Å². The lowest BCUT2D eigenvalue weighted by Crippen LogP contribution is -2.37. The van der Waals surface area contributed by atoms with Gasteiger partial charge in [-0.15, -0.1) is 0 Å². The highest BCUT2D eigenvalue weighted by Gasteiger charge is 2.02. The van der Waals surface area contributed by atoms with Gasteiger partial charge >= 0.3 is 6.09 Å². The van der Waals surface area contributed by atoms with Crippen LogP contribution >= 0.6 is 0 Å². The maximum Gasteiger partial charge on any atom is 0.408 e. The van der Waals surface area contributed by atoms with Crippen LogP contribution in [0.25, 0.3) is 0 Å². The van der Waals surface area contributed by atoms with Crippen molar-refractivity contribution in [2.45, 2.75) is 13.8 Å². The van der Waals surface area contributed by atoms with E-state index in [1.807, 2.05) is 0 Å². The summed E-state index contributed by atoms with van der Waals surface area (Å²) < 4.78 is 4.56. The predicted molar refractivity (Wildman–Crippen MR) is 48.0 cm³/mol. The van der Waals surface area contributed by atoms with Crippen LogP contribution in [0.2, 0.25) is 0 Å². The fraction of sp³-hybridized carbons (Fsp3) is 0.500. The van der Waals surface area contributed by atoms with Crippen molar-refractivity contribution in [2.24, 2.45) is 0 Å². The molecule has 0 atom stereocenters. The summed E-state index contributed by atoms with van der Waals surface area (Å²) in [4.78, 5) is 21.6. The van der Waals surface area contributed by atoms with Crippen molar-refractivity contribution >= 4 is 12.0 Å². The van der Waals surface area contributed by atoms with Crippen LogP contribution in [0, 0.1) is 0 Å². The molecule has 0 heterocycles. The summed E-state index contributed by atoms with van der Waals surface area (Å²) >= 11 is 0. The largest absolute Gasteiger partial charge is 0.450 e. The summed E-state index contributed by atoms with van der Waals surface area (Å²) in [5.41, 5.74) is 0.394. The molecule has 0 aliphatic heterocycles. The van der Waals surface area contributed by atoms with E-state index < -0.39 is 6.09 Å². The summed E-state index contributed by atoms with van der Waals surface area (Å²) in [6.45, 7) is 7.07. The van der Waals surface area contributed by atoms with Crippen LogP contribution in [-0.4, -0.2) is 25.3 Å². The molecule has 0 radical (unpaired) electrons. The minimum atomic E-state index is -0.551. The van der Waals surface area contributed by atoms with Gasteiger partial charge in [0.15, 0.2) is 0 Å². The van der Waals surface area contributed by atoms with E-state index in [9.17, 15) is 9.59 Å². The van der Waals surface area contributed by atoms with Crippen molar-refractivity contribution in [3.63, 3.8) is 0 Å². The van der Waals surface area contributed by atoms with Gasteiger partial charge in [-0.2, -0.15) is 0 Å². The lowest BCUT2D eigenvalue weighted by atomic mass is 10.3. The van der Waals surface area contributed by atoms with Crippen LogP contribution in [0.1, 0.15) is 13.8 Å². The number of nitrogens with one attached hydrogen (secondary N) is 2. The second-order valence-electron chi connectivity index (χ2n) is 2.36. The Morgan fingerprint density at radius 2 is 2.00 bits per heavy atom. The molecule has 13 heavy (non-hydrogen) atoms. The van der Waals surface area contributed by atoms with Gasteiger partial charge < -0.3 is 15.4 Å². The van der Waals surface area contributed by atoms with Gasteiger partial charge in [-0.3, -0.25) is 4.79 Å². The first-order valence-corrected chi connectivity index (χ1v) is 3.92. The molecule has 0 aromatic carbocycles. The van der Waals surface area contributed by atoms with E-state index in [1.54, 1.807) is 13.8 Å². The summed E-state index contributed by atoms with van der Waals surface area (Å²) in [6, 6.07) is 0. The van der Waals surface area contributed by atoms with Gasteiger partial charge in [-0.25, -0.2) is 4.79 Å². The van der Waals surface area contributed by atoms with Gasteiger partial charge in [0, 0.05) is 5.57 Å². The van der Waals surface area contributed by atoms with Crippen molar-refractivity contribution in [3.8, 4) is 0 Å². The molecular weight excluding hydrogens is 172 g/mol. The topological polar surface area (TPSA) is 67.4 Å². The Bertz CT molecular complexity index is 213. The van der Waals surface area contributed by atoms with E-state index in [1.165, 1.54) is 0 Å². The minimum absolute atomic E-state index is 0.0462. The Morgan fingerprint density at radius 3 is 2.46 bits per heavy atom. The minimum Gasteiger partial charge on any atom is -0.450 e. The van der Waals surface area contributed by atoms with Gasteiger partial charge in [0.2, 0.25) is 5.91 Å². The van der Waals surface area contributed by atoms with Gasteiger partial charge in [-0.1, -0.05) is 6.58 Å². The van der Waals surface area contributed by atoms with Gasteiger partial charge in [-0.05, 0) is 13.8 Å². The molecule has 2 N–H and O–H groups in total. The standard InChI is InChI=1S/C8H14N2O3/c1-4-13-8(12)10-5-9-7(11)6(2)3/h2,4-5H2,1,3H3,(H,9,11)(H,10,12). The Morgan fingerprint density at radius 1 is 1.38 bits per heavy atom. The highest BCUT2D eigenvalue weighted by atomic mass is 16.5. The lowest BCUT2D eigenvalue weighted by molar-refractivity contribution is -0.117. The number of ether oxygens (including phenoxy) is 1. The van der Waals surface area contributed by atoms with E-state index in [0.717, 1.165) is 0 Å². The van der Waals surface area contributed by atoms with E-state index in [-0.39, 0.29) is 12.6 Å². The molecule has 0 aliphatic carbocycles. The Kier molecular flexibility index (Phi) is 5.34. The molecule has 0 saturated carbocycles. The molecule has 0 rings (SSSR count). The van der Waals surface area contributed by atoms with Gasteiger partial charge in [0.25, 0.3) is 0 Å². The third-order valence-corrected chi connectivity index (χ3v) is 1.14. The lowest BCUT2D eigenvalue weighted by Gasteiger charge is -2.06. The molecule has 74 valence electrons.